The number of hydroxylamine groups is 2. The Morgan fingerprint density at radius 2 is 1.66 bits per heavy atom. The first kappa shape index (κ1) is 47.1. The van der Waals surface area contributed by atoms with Gasteiger partial charge in [-0.1, -0.05) is 60.7 Å². The molecule has 8 rings (SSSR count). The van der Waals surface area contributed by atoms with Crippen LogP contribution in [0.15, 0.2) is 54.6 Å². The van der Waals surface area contributed by atoms with Crippen molar-refractivity contribution < 1.29 is 78.0 Å². The van der Waals surface area contributed by atoms with Crippen LogP contribution in [-0.4, -0.2) is 159 Å². The molecule has 7 N–H and O–H groups in total. The minimum absolute atomic E-state index is 0.00628. The predicted molar refractivity (Wildman–Crippen MR) is 224 cm³/mol. The number of nitrogens with one attached hydrogen (secondary N) is 2. The third kappa shape index (κ3) is 9.73. The van der Waals surface area contributed by atoms with Crippen LogP contribution in [0.25, 0.3) is 6.08 Å². The Hall–Kier alpha value is -4.38. The van der Waals surface area contributed by atoms with Crippen molar-refractivity contribution in [3.8, 4) is 0 Å². The van der Waals surface area contributed by atoms with Crippen LogP contribution < -0.4 is 10.6 Å². The monoisotopic (exact) mass is 909 g/mol. The highest BCUT2D eigenvalue weighted by molar-refractivity contribution is 5.94. The minimum atomic E-state index is -1.55. The minimum Gasteiger partial charge on any atom is -0.460 e. The molecule has 2 bridgehead atoms. The zero-order valence-electron chi connectivity index (χ0n) is 36.6. The van der Waals surface area contributed by atoms with Gasteiger partial charge >= 0.3 is 11.9 Å². The maximum atomic E-state index is 14.7. The fraction of sp³-hybridized carbons (Fsp3) is 0.609. The molecule has 65 heavy (non-hydrogen) atoms. The van der Waals surface area contributed by atoms with E-state index in [-0.39, 0.29) is 45.4 Å². The Balaban J connectivity index is 0.946. The van der Waals surface area contributed by atoms with E-state index in [9.17, 15) is 44.7 Å². The molecule has 2 amide bonds. The first-order valence-corrected chi connectivity index (χ1v) is 22.2. The van der Waals surface area contributed by atoms with Gasteiger partial charge in [0.25, 0.3) is 0 Å². The third-order valence-corrected chi connectivity index (χ3v) is 12.9. The fourth-order valence-corrected chi connectivity index (χ4v) is 9.86. The lowest BCUT2D eigenvalue weighted by Crippen LogP contribution is -2.69. The number of rotatable bonds is 16. The topological polar surface area (TPSA) is 261 Å². The summed E-state index contributed by atoms with van der Waals surface area (Å²) in [7, 11) is 0. The first-order valence-electron chi connectivity index (χ1n) is 22.2. The van der Waals surface area contributed by atoms with Gasteiger partial charge in [0.1, 0.15) is 59.8 Å². The largest absolute Gasteiger partial charge is 0.460 e. The van der Waals surface area contributed by atoms with E-state index in [2.05, 4.69) is 10.6 Å². The van der Waals surface area contributed by atoms with E-state index in [0.717, 1.165) is 22.3 Å². The number of esters is 2. The van der Waals surface area contributed by atoms with Crippen molar-refractivity contribution in [1.82, 2.24) is 15.7 Å². The van der Waals surface area contributed by atoms with Crippen molar-refractivity contribution in [3.05, 3.63) is 76.9 Å². The molecule has 4 heterocycles. The number of fused-ring (bicyclic) bond motifs is 5. The summed E-state index contributed by atoms with van der Waals surface area (Å²) in [6.45, 7) is 4.26. The average molecular weight is 910 g/mol. The van der Waals surface area contributed by atoms with Gasteiger partial charge in [0.2, 0.25) is 11.8 Å². The molecule has 2 aliphatic carbocycles. The molecule has 0 radical (unpaired) electrons. The molecular formula is C46H59N3O16. The van der Waals surface area contributed by atoms with E-state index < -0.39 is 121 Å². The van der Waals surface area contributed by atoms with Crippen LogP contribution >= 0.6 is 0 Å². The van der Waals surface area contributed by atoms with E-state index in [1.165, 1.54) is 5.06 Å². The number of ether oxygens (including phenoxy) is 6. The molecule has 354 valence electrons. The zero-order chi connectivity index (χ0) is 46.3. The molecule has 5 fully saturated rings. The SMILES string of the molecule is CC(C)(C)OC(=O)CCC(CO)NC(=O)CCNC(=O)C12CC3OC(=O)C1N(Cc1ccc(C=CCOC4OC(CO)C(O)C(O)C4O)cc1)OC2C1OC2(Cc4ccccc4C2)OC31. The van der Waals surface area contributed by atoms with Gasteiger partial charge in [-0.3, -0.25) is 24.0 Å². The predicted octanol–water partition coefficient (Wildman–Crippen LogP) is -0.299. The number of hydrogen-bond donors (Lipinski definition) is 7. The van der Waals surface area contributed by atoms with E-state index in [0.29, 0.717) is 12.8 Å². The summed E-state index contributed by atoms with van der Waals surface area (Å²) in [5.41, 5.74) is 1.53. The third-order valence-electron chi connectivity index (χ3n) is 12.9. The van der Waals surface area contributed by atoms with Crippen molar-refractivity contribution in [2.24, 2.45) is 5.41 Å². The molecular weight excluding hydrogens is 851 g/mol. The molecule has 12 unspecified atom stereocenters. The number of aliphatic hydroxyl groups excluding tert-OH is 5. The second-order valence-corrected chi connectivity index (χ2v) is 18.7. The van der Waals surface area contributed by atoms with Crippen LogP contribution in [0, 0.1) is 5.41 Å². The Morgan fingerprint density at radius 1 is 0.954 bits per heavy atom. The summed E-state index contributed by atoms with van der Waals surface area (Å²) in [4.78, 5) is 60.8. The Bertz CT molecular complexity index is 2070. The van der Waals surface area contributed by atoms with Crippen LogP contribution in [-0.2, 0) is 71.8 Å². The number of carbonyl (C=O) groups excluding carboxylic acids is 4. The van der Waals surface area contributed by atoms with Gasteiger partial charge in [0, 0.05) is 38.6 Å². The van der Waals surface area contributed by atoms with Gasteiger partial charge in [-0.2, -0.15) is 5.06 Å². The van der Waals surface area contributed by atoms with Gasteiger partial charge in [0.05, 0.1) is 32.4 Å². The lowest BCUT2D eigenvalue weighted by molar-refractivity contribution is -0.298. The lowest BCUT2D eigenvalue weighted by Gasteiger charge is -2.48. The summed E-state index contributed by atoms with van der Waals surface area (Å²) in [5, 5.41) is 56.7. The molecule has 2 aromatic carbocycles. The highest BCUT2D eigenvalue weighted by atomic mass is 16.8. The summed E-state index contributed by atoms with van der Waals surface area (Å²) >= 11 is 0. The molecule has 6 aliphatic rings. The van der Waals surface area contributed by atoms with Crippen LogP contribution in [0.2, 0.25) is 0 Å². The van der Waals surface area contributed by atoms with Gasteiger partial charge in [-0.25, -0.2) is 0 Å². The molecule has 1 saturated carbocycles. The van der Waals surface area contributed by atoms with Gasteiger partial charge in [-0.15, -0.1) is 0 Å². The number of aliphatic hydroxyl groups is 5. The number of carbonyl (C=O) groups is 4. The van der Waals surface area contributed by atoms with Crippen LogP contribution in [0.5, 0.6) is 0 Å². The highest BCUT2D eigenvalue weighted by Gasteiger charge is 2.76. The number of nitrogens with zero attached hydrogens (tertiary/aromatic N) is 1. The van der Waals surface area contributed by atoms with Crippen LogP contribution in [0.1, 0.15) is 68.7 Å². The Morgan fingerprint density at radius 3 is 2.34 bits per heavy atom. The average Bonchev–Trinajstić information content (AvgIpc) is 3.95. The lowest BCUT2D eigenvalue weighted by atomic mass is 9.62. The summed E-state index contributed by atoms with van der Waals surface area (Å²) < 4.78 is 35.9. The normalized spacial score (nSPS) is 32.8. The van der Waals surface area contributed by atoms with E-state index in [4.69, 9.17) is 33.3 Å². The quantitative estimate of drug-likeness (QED) is 0.107. The van der Waals surface area contributed by atoms with Crippen molar-refractivity contribution in [2.45, 2.75) is 144 Å². The van der Waals surface area contributed by atoms with Crippen molar-refractivity contribution in [1.29, 1.82) is 0 Å². The van der Waals surface area contributed by atoms with Crippen molar-refractivity contribution in [3.63, 3.8) is 0 Å². The van der Waals surface area contributed by atoms with E-state index in [1.807, 2.05) is 48.5 Å². The molecule has 4 aliphatic heterocycles. The van der Waals surface area contributed by atoms with Crippen LogP contribution in [0.3, 0.4) is 0 Å². The molecule has 1 spiro atoms. The summed E-state index contributed by atoms with van der Waals surface area (Å²) in [6.07, 6.45) is -5.73. The maximum Gasteiger partial charge on any atom is 0.327 e. The van der Waals surface area contributed by atoms with Gasteiger partial charge < -0.3 is 64.6 Å². The molecule has 12 atom stereocenters. The van der Waals surface area contributed by atoms with E-state index in [1.54, 1.807) is 32.9 Å². The maximum absolute atomic E-state index is 14.7. The molecule has 4 saturated heterocycles. The second kappa shape index (κ2) is 19.1. The van der Waals surface area contributed by atoms with Crippen molar-refractivity contribution in [2.75, 3.05) is 26.4 Å². The standard InChI is InChI=1S/C46H59N3O16/c1-44(2,3)62-33(53)15-14-29(23-50)48-32(52)16-17-47-43(58)46-21-30-37-38(64-45(63-37)19-27-8-4-5-9-28(27)20-45)40(46)65-49(39(46)41(57)60-30)22-26-12-10-25(11-13-26)7-6-18-59-42-36(56)35(55)34(54)31(24-51)61-42/h4-13,29-31,34-40,42,50-51,54-56H,14-24H2,1-3H3,(H,47,58)(H,48,52). The number of benzene rings is 2. The van der Waals surface area contributed by atoms with Gasteiger partial charge in [-0.05, 0) is 49.4 Å². The number of hydrogen-bond acceptors (Lipinski definition) is 17. The zero-order valence-corrected chi connectivity index (χ0v) is 36.6. The smallest absolute Gasteiger partial charge is 0.327 e. The second-order valence-electron chi connectivity index (χ2n) is 18.7. The van der Waals surface area contributed by atoms with Gasteiger partial charge in [0.15, 0.2) is 18.1 Å². The summed E-state index contributed by atoms with van der Waals surface area (Å²) in [6, 6.07) is 13.4. The molecule has 0 aromatic heterocycles. The Kier molecular flexibility index (Phi) is 13.8. The fourth-order valence-electron chi connectivity index (χ4n) is 9.86. The summed E-state index contributed by atoms with van der Waals surface area (Å²) in [5.74, 6) is -3.10. The Labute approximate surface area is 375 Å². The first-order chi connectivity index (χ1) is 31.0. The molecule has 2 aromatic rings. The van der Waals surface area contributed by atoms with Crippen molar-refractivity contribution >= 4 is 29.8 Å². The highest BCUT2D eigenvalue weighted by Crippen LogP contribution is 2.58. The van der Waals surface area contributed by atoms with E-state index >= 15 is 0 Å². The molecule has 19 nitrogen and oxygen atoms in total. The van der Waals surface area contributed by atoms with Crippen LogP contribution in [0.4, 0.5) is 0 Å². The number of amides is 2. The molecule has 19 heteroatoms.